The summed E-state index contributed by atoms with van der Waals surface area (Å²) < 4.78 is 31.9. The van der Waals surface area contributed by atoms with Gasteiger partial charge in [-0.3, -0.25) is 9.10 Å². The number of carbonyl (C=O) groups is 1. The molecule has 1 amide bonds. The molecule has 0 aliphatic heterocycles. The molecule has 26 heavy (non-hydrogen) atoms. The molecule has 0 fully saturated rings. The van der Waals surface area contributed by atoms with Crippen molar-refractivity contribution in [2.75, 3.05) is 23.0 Å². The first kappa shape index (κ1) is 20.3. The monoisotopic (exact) mass is 440 g/mol. The highest BCUT2D eigenvalue weighted by molar-refractivity contribution is 9.10. The van der Waals surface area contributed by atoms with Gasteiger partial charge in [-0.1, -0.05) is 28.9 Å². The summed E-state index contributed by atoms with van der Waals surface area (Å²) in [5.74, 6) is 0.209. The van der Waals surface area contributed by atoms with Gasteiger partial charge in [0.2, 0.25) is 15.9 Å². The van der Waals surface area contributed by atoms with Crippen LogP contribution < -0.4 is 14.4 Å². The first-order chi connectivity index (χ1) is 12.3. The van der Waals surface area contributed by atoms with Gasteiger partial charge in [-0.15, -0.1) is 0 Å². The van der Waals surface area contributed by atoms with E-state index in [2.05, 4.69) is 21.2 Å². The summed E-state index contributed by atoms with van der Waals surface area (Å²) in [5, 5.41) is 2.78. The third kappa shape index (κ3) is 4.98. The maximum atomic E-state index is 12.8. The molecule has 0 saturated heterocycles. The molecule has 0 saturated carbocycles. The average molecular weight is 441 g/mol. The molecule has 8 heteroatoms. The lowest BCUT2D eigenvalue weighted by Gasteiger charge is -2.30. The number of benzene rings is 2. The summed E-state index contributed by atoms with van der Waals surface area (Å²) in [5.41, 5.74) is 0.996. The van der Waals surface area contributed by atoms with E-state index in [1.54, 1.807) is 49.4 Å². The van der Waals surface area contributed by atoms with Crippen molar-refractivity contribution in [3.8, 4) is 5.75 Å². The SMILES string of the molecule is CC[C@H](C(=O)Nc1cccc(Br)c1)N(c1ccc(OC)cc1)S(C)(=O)=O. The minimum Gasteiger partial charge on any atom is -0.497 e. The predicted molar refractivity (Wildman–Crippen MR) is 107 cm³/mol. The Hall–Kier alpha value is -2.06. The number of hydrogen-bond donors (Lipinski definition) is 1. The van der Waals surface area contributed by atoms with Crippen molar-refractivity contribution in [3.05, 3.63) is 53.0 Å². The van der Waals surface area contributed by atoms with E-state index in [1.807, 2.05) is 6.07 Å². The van der Waals surface area contributed by atoms with Crippen LogP contribution in [0.15, 0.2) is 53.0 Å². The van der Waals surface area contributed by atoms with Crippen LogP contribution in [0.2, 0.25) is 0 Å². The van der Waals surface area contributed by atoms with Crippen molar-refractivity contribution in [1.29, 1.82) is 0 Å². The lowest BCUT2D eigenvalue weighted by Crippen LogP contribution is -2.46. The van der Waals surface area contributed by atoms with E-state index >= 15 is 0 Å². The summed E-state index contributed by atoms with van der Waals surface area (Å²) in [7, 11) is -2.14. The van der Waals surface area contributed by atoms with Crippen LogP contribution in [0.3, 0.4) is 0 Å². The van der Waals surface area contributed by atoms with Crippen molar-refractivity contribution in [2.45, 2.75) is 19.4 Å². The Balaban J connectivity index is 2.35. The van der Waals surface area contributed by atoms with Gasteiger partial charge in [-0.05, 0) is 48.9 Å². The van der Waals surface area contributed by atoms with E-state index in [0.29, 0.717) is 23.5 Å². The molecule has 0 unspecified atom stereocenters. The van der Waals surface area contributed by atoms with Gasteiger partial charge < -0.3 is 10.1 Å². The molecular formula is C18H21BrN2O4S. The van der Waals surface area contributed by atoms with Crippen LogP contribution in [0, 0.1) is 0 Å². The quantitative estimate of drug-likeness (QED) is 0.712. The van der Waals surface area contributed by atoms with Gasteiger partial charge in [-0.2, -0.15) is 0 Å². The number of nitrogens with zero attached hydrogens (tertiary/aromatic N) is 1. The maximum absolute atomic E-state index is 12.8. The van der Waals surface area contributed by atoms with Crippen molar-refractivity contribution >= 4 is 43.2 Å². The number of ether oxygens (including phenoxy) is 1. The van der Waals surface area contributed by atoms with Crippen LogP contribution >= 0.6 is 15.9 Å². The van der Waals surface area contributed by atoms with Crippen LogP contribution in [0.25, 0.3) is 0 Å². The molecule has 0 aliphatic carbocycles. The Bertz CT molecular complexity index is 869. The second-order valence-corrected chi connectivity index (χ2v) is 8.46. The number of hydrogen-bond acceptors (Lipinski definition) is 4. The third-order valence-corrected chi connectivity index (χ3v) is 5.42. The molecule has 2 aromatic carbocycles. The molecule has 140 valence electrons. The van der Waals surface area contributed by atoms with Crippen LogP contribution in [-0.2, 0) is 14.8 Å². The van der Waals surface area contributed by atoms with Crippen molar-refractivity contribution in [3.63, 3.8) is 0 Å². The fourth-order valence-electron chi connectivity index (χ4n) is 2.58. The molecule has 0 heterocycles. The second kappa shape index (κ2) is 8.55. The molecular weight excluding hydrogens is 420 g/mol. The smallest absolute Gasteiger partial charge is 0.248 e. The number of carbonyl (C=O) groups excluding carboxylic acids is 1. The van der Waals surface area contributed by atoms with Crippen molar-refractivity contribution in [1.82, 2.24) is 0 Å². The van der Waals surface area contributed by atoms with E-state index in [1.165, 1.54) is 7.11 Å². The minimum absolute atomic E-state index is 0.318. The number of amides is 1. The molecule has 6 nitrogen and oxygen atoms in total. The highest BCUT2D eigenvalue weighted by Gasteiger charge is 2.31. The number of anilines is 2. The lowest BCUT2D eigenvalue weighted by atomic mass is 10.1. The van der Waals surface area contributed by atoms with Gasteiger partial charge >= 0.3 is 0 Å². The summed E-state index contributed by atoms with van der Waals surface area (Å²) >= 11 is 3.35. The minimum atomic E-state index is -3.67. The van der Waals surface area contributed by atoms with Gasteiger partial charge in [0.15, 0.2) is 0 Å². The largest absolute Gasteiger partial charge is 0.497 e. The highest BCUT2D eigenvalue weighted by Crippen LogP contribution is 2.26. The van der Waals surface area contributed by atoms with Crippen LogP contribution in [0.5, 0.6) is 5.75 Å². The normalized spacial score (nSPS) is 12.3. The standard InChI is InChI=1S/C18H21BrN2O4S/c1-4-17(18(22)20-14-7-5-6-13(19)12-14)21(26(3,23)24)15-8-10-16(25-2)11-9-15/h5-12,17H,4H2,1-3H3,(H,20,22)/t17-/m1/s1. The van der Waals surface area contributed by atoms with E-state index in [0.717, 1.165) is 15.0 Å². The second-order valence-electron chi connectivity index (χ2n) is 5.68. The van der Waals surface area contributed by atoms with E-state index < -0.39 is 22.0 Å². The summed E-state index contributed by atoms with van der Waals surface area (Å²) in [6.07, 6.45) is 1.41. The number of rotatable bonds is 7. The van der Waals surface area contributed by atoms with Crippen LogP contribution in [-0.4, -0.2) is 33.7 Å². The van der Waals surface area contributed by atoms with E-state index in [4.69, 9.17) is 4.74 Å². The Morgan fingerprint density at radius 2 is 1.88 bits per heavy atom. The highest BCUT2D eigenvalue weighted by atomic mass is 79.9. The van der Waals surface area contributed by atoms with Gasteiger partial charge in [0.25, 0.3) is 0 Å². The lowest BCUT2D eigenvalue weighted by molar-refractivity contribution is -0.117. The van der Waals surface area contributed by atoms with Crippen molar-refractivity contribution in [2.24, 2.45) is 0 Å². The number of nitrogens with one attached hydrogen (secondary N) is 1. The van der Waals surface area contributed by atoms with Crippen LogP contribution in [0.4, 0.5) is 11.4 Å². The molecule has 2 aromatic rings. The van der Waals surface area contributed by atoms with Gasteiger partial charge in [0.1, 0.15) is 11.8 Å². The Labute approximate surface area is 162 Å². The topological polar surface area (TPSA) is 75.7 Å². The number of sulfonamides is 1. The van der Waals surface area contributed by atoms with Gasteiger partial charge in [0, 0.05) is 10.2 Å². The summed E-state index contributed by atoms with van der Waals surface area (Å²) in [6.45, 7) is 1.77. The molecule has 0 aromatic heterocycles. The third-order valence-electron chi connectivity index (χ3n) is 3.75. The maximum Gasteiger partial charge on any atom is 0.248 e. The molecule has 2 rings (SSSR count). The Morgan fingerprint density at radius 1 is 1.23 bits per heavy atom. The van der Waals surface area contributed by atoms with E-state index in [-0.39, 0.29) is 0 Å². The number of halogens is 1. The first-order valence-corrected chi connectivity index (χ1v) is 10.6. The molecule has 0 aliphatic rings. The summed E-state index contributed by atoms with van der Waals surface area (Å²) in [4.78, 5) is 12.8. The zero-order valence-corrected chi connectivity index (χ0v) is 17.2. The zero-order chi connectivity index (χ0) is 19.3. The fraction of sp³-hybridized carbons (Fsp3) is 0.278. The Morgan fingerprint density at radius 3 is 2.38 bits per heavy atom. The zero-order valence-electron chi connectivity index (χ0n) is 14.8. The Kier molecular flexibility index (Phi) is 6.66. The molecule has 0 bridgehead atoms. The first-order valence-electron chi connectivity index (χ1n) is 7.96. The fourth-order valence-corrected chi connectivity index (χ4v) is 4.19. The van der Waals surface area contributed by atoms with Crippen molar-refractivity contribution < 1.29 is 17.9 Å². The van der Waals surface area contributed by atoms with Crippen LogP contribution in [0.1, 0.15) is 13.3 Å². The molecule has 0 spiro atoms. The van der Waals surface area contributed by atoms with Gasteiger partial charge in [-0.25, -0.2) is 8.42 Å². The predicted octanol–water partition coefficient (Wildman–Crippen LogP) is 3.64. The number of methoxy groups -OCH3 is 1. The molecule has 1 N–H and O–H groups in total. The summed E-state index contributed by atoms with van der Waals surface area (Å²) in [6, 6.07) is 12.8. The molecule has 1 atom stereocenters. The van der Waals surface area contributed by atoms with Gasteiger partial charge in [0.05, 0.1) is 19.1 Å². The average Bonchev–Trinajstić information content (AvgIpc) is 2.58. The van der Waals surface area contributed by atoms with E-state index in [9.17, 15) is 13.2 Å². The molecule has 0 radical (unpaired) electrons.